The highest BCUT2D eigenvalue weighted by Gasteiger charge is 2.06. The van der Waals surface area contributed by atoms with Gasteiger partial charge in [-0.15, -0.1) is 11.6 Å². The van der Waals surface area contributed by atoms with Crippen molar-refractivity contribution < 1.29 is 9.47 Å². The highest BCUT2D eigenvalue weighted by atomic mass is 35.5. The number of nitrogens with one attached hydrogen (secondary N) is 1. The van der Waals surface area contributed by atoms with Crippen molar-refractivity contribution in [3.63, 3.8) is 0 Å². The van der Waals surface area contributed by atoms with Crippen LogP contribution >= 0.6 is 11.6 Å². The minimum Gasteiger partial charge on any atom is -0.497 e. The summed E-state index contributed by atoms with van der Waals surface area (Å²) < 4.78 is 10.7. The smallest absolute Gasteiger partial charge is 0.119 e. The van der Waals surface area contributed by atoms with Crippen LogP contribution < -0.4 is 14.8 Å². The van der Waals surface area contributed by atoms with Crippen LogP contribution in [-0.2, 0) is 0 Å². The summed E-state index contributed by atoms with van der Waals surface area (Å²) in [7, 11) is 1.65. The van der Waals surface area contributed by atoms with Crippen molar-refractivity contribution in [3.05, 3.63) is 24.3 Å². The Labute approximate surface area is 121 Å². The topological polar surface area (TPSA) is 30.5 Å². The minimum absolute atomic E-state index is 0.195. The standard InChI is InChI=1S/C15H24ClNO2/c1-12(2)10-13(16)11-17-8-9-19-15-6-4-14(18-3)5-7-15/h4-7,12-13,17H,8-11H2,1-3H3. The summed E-state index contributed by atoms with van der Waals surface area (Å²) in [4.78, 5) is 0. The quantitative estimate of drug-likeness (QED) is 0.558. The van der Waals surface area contributed by atoms with Crippen LogP contribution in [0.15, 0.2) is 24.3 Å². The lowest BCUT2D eigenvalue weighted by atomic mass is 10.1. The van der Waals surface area contributed by atoms with Gasteiger partial charge < -0.3 is 14.8 Å². The number of hydrogen-bond acceptors (Lipinski definition) is 3. The van der Waals surface area contributed by atoms with E-state index in [4.69, 9.17) is 21.1 Å². The van der Waals surface area contributed by atoms with Crippen LogP contribution in [0.25, 0.3) is 0 Å². The molecule has 1 N–H and O–H groups in total. The fourth-order valence-electron chi connectivity index (χ4n) is 1.77. The van der Waals surface area contributed by atoms with Gasteiger partial charge in [0.2, 0.25) is 0 Å². The predicted octanol–water partition coefficient (Wildman–Crippen LogP) is 3.32. The van der Waals surface area contributed by atoms with Gasteiger partial charge in [-0.25, -0.2) is 0 Å². The number of alkyl halides is 1. The van der Waals surface area contributed by atoms with E-state index in [1.165, 1.54) is 0 Å². The molecule has 0 aromatic heterocycles. The molecule has 4 heteroatoms. The molecule has 3 nitrogen and oxygen atoms in total. The number of benzene rings is 1. The zero-order chi connectivity index (χ0) is 14.1. The molecule has 0 bridgehead atoms. The molecule has 0 amide bonds. The van der Waals surface area contributed by atoms with E-state index in [1.54, 1.807) is 7.11 Å². The molecule has 1 unspecified atom stereocenters. The lowest BCUT2D eigenvalue weighted by molar-refractivity contribution is 0.312. The molecule has 0 radical (unpaired) electrons. The van der Waals surface area contributed by atoms with E-state index in [-0.39, 0.29) is 5.38 Å². The van der Waals surface area contributed by atoms with Crippen molar-refractivity contribution in [1.29, 1.82) is 0 Å². The van der Waals surface area contributed by atoms with E-state index in [9.17, 15) is 0 Å². The predicted molar refractivity (Wildman–Crippen MR) is 80.5 cm³/mol. The van der Waals surface area contributed by atoms with Crippen molar-refractivity contribution >= 4 is 11.6 Å². The van der Waals surface area contributed by atoms with Crippen LogP contribution in [-0.4, -0.2) is 32.2 Å². The zero-order valence-electron chi connectivity index (χ0n) is 12.0. The maximum absolute atomic E-state index is 6.19. The molecule has 0 spiro atoms. The van der Waals surface area contributed by atoms with Gasteiger partial charge in [0.05, 0.1) is 7.11 Å². The Morgan fingerprint density at radius 2 is 1.79 bits per heavy atom. The summed E-state index contributed by atoms with van der Waals surface area (Å²) in [5.74, 6) is 2.33. The van der Waals surface area contributed by atoms with Crippen molar-refractivity contribution in [1.82, 2.24) is 5.32 Å². The number of methoxy groups -OCH3 is 1. The summed E-state index contributed by atoms with van der Waals surface area (Å²) in [6, 6.07) is 7.59. The highest BCUT2D eigenvalue weighted by molar-refractivity contribution is 6.20. The molecule has 19 heavy (non-hydrogen) atoms. The molecule has 0 saturated carbocycles. The Balaban J connectivity index is 2.10. The molecule has 1 aromatic carbocycles. The molecule has 0 aliphatic carbocycles. The van der Waals surface area contributed by atoms with E-state index in [0.29, 0.717) is 12.5 Å². The summed E-state index contributed by atoms with van der Waals surface area (Å²) in [5, 5.41) is 3.50. The second kappa shape index (κ2) is 9.05. The Bertz CT molecular complexity index is 341. The molecule has 0 heterocycles. The van der Waals surface area contributed by atoms with Crippen LogP contribution in [0, 0.1) is 5.92 Å². The van der Waals surface area contributed by atoms with Gasteiger partial charge in [0.25, 0.3) is 0 Å². The zero-order valence-corrected chi connectivity index (χ0v) is 12.7. The van der Waals surface area contributed by atoms with Crippen molar-refractivity contribution in [3.8, 4) is 11.5 Å². The minimum atomic E-state index is 0.195. The molecule has 0 aliphatic heterocycles. The van der Waals surface area contributed by atoms with Crippen LogP contribution in [0.3, 0.4) is 0 Å². The number of halogens is 1. The van der Waals surface area contributed by atoms with E-state index in [0.717, 1.165) is 31.0 Å². The Kier molecular flexibility index (Phi) is 7.68. The summed E-state index contributed by atoms with van der Waals surface area (Å²) in [6.07, 6.45) is 1.04. The van der Waals surface area contributed by atoms with E-state index < -0.39 is 0 Å². The third-order valence-electron chi connectivity index (χ3n) is 2.70. The summed E-state index contributed by atoms with van der Waals surface area (Å²) in [5.41, 5.74) is 0. The Hall–Kier alpha value is -0.930. The van der Waals surface area contributed by atoms with Gasteiger partial charge in [-0.3, -0.25) is 0 Å². The molecule has 1 atom stereocenters. The van der Waals surface area contributed by atoms with Gasteiger partial charge in [0.1, 0.15) is 18.1 Å². The molecule has 0 aliphatic rings. The molecule has 0 saturated heterocycles. The van der Waals surface area contributed by atoms with Crippen molar-refractivity contribution in [2.75, 3.05) is 26.8 Å². The van der Waals surface area contributed by atoms with Gasteiger partial charge >= 0.3 is 0 Å². The molecular formula is C15H24ClNO2. The molecule has 108 valence electrons. The van der Waals surface area contributed by atoms with E-state index in [2.05, 4.69) is 19.2 Å². The molecule has 0 fully saturated rings. The van der Waals surface area contributed by atoms with E-state index in [1.807, 2.05) is 24.3 Å². The fourth-order valence-corrected chi connectivity index (χ4v) is 2.23. The second-order valence-corrected chi connectivity index (χ2v) is 5.57. The maximum Gasteiger partial charge on any atom is 0.119 e. The Morgan fingerprint density at radius 1 is 1.16 bits per heavy atom. The highest BCUT2D eigenvalue weighted by Crippen LogP contribution is 2.16. The number of hydrogen-bond donors (Lipinski definition) is 1. The number of rotatable bonds is 9. The van der Waals surface area contributed by atoms with Gasteiger partial charge in [-0.05, 0) is 36.6 Å². The maximum atomic E-state index is 6.19. The van der Waals surface area contributed by atoms with Gasteiger partial charge in [0.15, 0.2) is 0 Å². The van der Waals surface area contributed by atoms with Crippen LogP contribution in [0.2, 0.25) is 0 Å². The first kappa shape index (κ1) is 16.1. The summed E-state index contributed by atoms with van der Waals surface area (Å²) >= 11 is 6.19. The number of ether oxygens (including phenoxy) is 2. The monoisotopic (exact) mass is 285 g/mol. The first-order valence-corrected chi connectivity index (χ1v) is 7.17. The normalized spacial score (nSPS) is 12.5. The van der Waals surface area contributed by atoms with Crippen LogP contribution in [0.1, 0.15) is 20.3 Å². The van der Waals surface area contributed by atoms with Crippen molar-refractivity contribution in [2.24, 2.45) is 5.92 Å². The Morgan fingerprint density at radius 3 is 2.37 bits per heavy atom. The fraction of sp³-hybridized carbons (Fsp3) is 0.600. The second-order valence-electron chi connectivity index (χ2n) is 4.95. The average Bonchev–Trinajstić information content (AvgIpc) is 2.38. The van der Waals surface area contributed by atoms with Gasteiger partial charge in [0, 0.05) is 18.5 Å². The average molecular weight is 286 g/mol. The molecule has 1 rings (SSSR count). The van der Waals surface area contributed by atoms with Gasteiger partial charge in [-0.1, -0.05) is 13.8 Å². The first-order chi connectivity index (χ1) is 9.11. The SMILES string of the molecule is COc1ccc(OCCNCC(Cl)CC(C)C)cc1. The van der Waals surface area contributed by atoms with Gasteiger partial charge in [-0.2, -0.15) is 0 Å². The lowest BCUT2D eigenvalue weighted by Crippen LogP contribution is -2.28. The molecular weight excluding hydrogens is 262 g/mol. The largest absolute Gasteiger partial charge is 0.497 e. The van der Waals surface area contributed by atoms with E-state index >= 15 is 0 Å². The van der Waals surface area contributed by atoms with Crippen molar-refractivity contribution in [2.45, 2.75) is 25.6 Å². The third-order valence-corrected chi connectivity index (χ3v) is 3.03. The molecule has 1 aromatic rings. The third kappa shape index (κ3) is 7.28. The first-order valence-electron chi connectivity index (χ1n) is 6.73. The lowest BCUT2D eigenvalue weighted by Gasteiger charge is -2.13. The summed E-state index contributed by atoms with van der Waals surface area (Å²) in [6.45, 7) is 6.63. The van der Waals surface area contributed by atoms with Crippen LogP contribution in [0.4, 0.5) is 0 Å². The van der Waals surface area contributed by atoms with Crippen LogP contribution in [0.5, 0.6) is 11.5 Å².